The van der Waals surface area contributed by atoms with Gasteiger partial charge in [0, 0.05) is 4.47 Å². The zero-order valence-corrected chi connectivity index (χ0v) is 14.5. The van der Waals surface area contributed by atoms with Crippen molar-refractivity contribution < 1.29 is 19.1 Å². The number of amides is 1. The van der Waals surface area contributed by atoms with E-state index in [1.807, 2.05) is 24.3 Å². The summed E-state index contributed by atoms with van der Waals surface area (Å²) in [6, 6.07) is 14.2. The van der Waals surface area contributed by atoms with Gasteiger partial charge in [0.15, 0.2) is 12.3 Å². The molecular weight excluding hydrogens is 388 g/mol. The van der Waals surface area contributed by atoms with Crippen molar-refractivity contribution in [3.05, 3.63) is 69.8 Å². The number of ether oxygens (including phenoxy) is 2. The third-order valence-corrected chi connectivity index (χ3v) is 3.98. The monoisotopic (exact) mass is 400 g/mol. The van der Waals surface area contributed by atoms with Crippen LogP contribution >= 0.6 is 15.9 Å². The first-order chi connectivity index (χ1) is 12.0. The highest BCUT2D eigenvalue weighted by atomic mass is 79.9. The molecule has 2 aromatic rings. The molecule has 2 aromatic carbocycles. The number of nitrogens with two attached hydrogens (primary N) is 1. The molecule has 0 atom stereocenters. The van der Waals surface area contributed by atoms with Crippen LogP contribution in [-0.2, 0) is 14.3 Å². The van der Waals surface area contributed by atoms with Crippen molar-refractivity contribution in [1.82, 2.24) is 0 Å². The maximum absolute atomic E-state index is 12.0. The number of cyclic esters (lactones) is 1. The van der Waals surface area contributed by atoms with Gasteiger partial charge in [-0.2, -0.15) is 0 Å². The van der Waals surface area contributed by atoms with Crippen LogP contribution in [-0.4, -0.2) is 24.4 Å². The van der Waals surface area contributed by atoms with Crippen molar-refractivity contribution in [1.29, 1.82) is 0 Å². The fourth-order valence-electron chi connectivity index (χ4n) is 2.13. The van der Waals surface area contributed by atoms with Gasteiger partial charge in [-0.25, -0.2) is 9.79 Å². The van der Waals surface area contributed by atoms with Crippen LogP contribution in [0.1, 0.15) is 11.1 Å². The van der Waals surface area contributed by atoms with Gasteiger partial charge in [-0.3, -0.25) is 4.79 Å². The molecule has 7 heteroatoms. The first-order valence-corrected chi connectivity index (χ1v) is 8.11. The van der Waals surface area contributed by atoms with Gasteiger partial charge >= 0.3 is 5.97 Å². The first-order valence-electron chi connectivity index (χ1n) is 7.31. The van der Waals surface area contributed by atoms with Crippen molar-refractivity contribution >= 4 is 39.8 Å². The molecule has 0 bridgehead atoms. The minimum atomic E-state index is -0.547. The van der Waals surface area contributed by atoms with Gasteiger partial charge < -0.3 is 15.2 Å². The standard InChI is InChI=1S/C18H13BrN2O4/c19-14-4-2-1-3-13(14)17-21-15(18(23)25-17)9-11-5-7-12(8-6-11)24-10-16(20)22/h1-9H,10H2,(H2,20,22). The molecule has 2 N–H and O–H groups in total. The molecule has 25 heavy (non-hydrogen) atoms. The van der Waals surface area contributed by atoms with E-state index < -0.39 is 11.9 Å². The number of nitrogens with zero attached hydrogens (tertiary/aromatic N) is 1. The summed E-state index contributed by atoms with van der Waals surface area (Å²) >= 11 is 3.41. The second-order valence-corrected chi connectivity index (χ2v) is 5.99. The van der Waals surface area contributed by atoms with E-state index in [1.54, 1.807) is 30.3 Å². The van der Waals surface area contributed by atoms with Gasteiger partial charge in [0.1, 0.15) is 5.75 Å². The summed E-state index contributed by atoms with van der Waals surface area (Å²) in [6.07, 6.45) is 1.62. The van der Waals surface area contributed by atoms with E-state index >= 15 is 0 Å². The summed E-state index contributed by atoms with van der Waals surface area (Å²) in [5, 5.41) is 0. The van der Waals surface area contributed by atoms with Crippen molar-refractivity contribution in [3.63, 3.8) is 0 Å². The van der Waals surface area contributed by atoms with Crippen LogP contribution in [0.4, 0.5) is 0 Å². The second kappa shape index (κ2) is 7.31. The van der Waals surface area contributed by atoms with E-state index in [0.29, 0.717) is 11.3 Å². The van der Waals surface area contributed by atoms with Gasteiger partial charge in [0.2, 0.25) is 5.90 Å². The highest BCUT2D eigenvalue weighted by molar-refractivity contribution is 9.10. The SMILES string of the molecule is NC(=O)COc1ccc(C=C2N=C(c3ccccc3Br)OC2=O)cc1. The van der Waals surface area contributed by atoms with Gasteiger partial charge in [0.05, 0.1) is 5.56 Å². The highest BCUT2D eigenvalue weighted by Gasteiger charge is 2.25. The molecule has 3 rings (SSSR count). The third kappa shape index (κ3) is 4.13. The van der Waals surface area contributed by atoms with Gasteiger partial charge in [-0.15, -0.1) is 0 Å². The Morgan fingerprint density at radius 3 is 2.60 bits per heavy atom. The second-order valence-electron chi connectivity index (χ2n) is 5.14. The molecule has 6 nitrogen and oxygen atoms in total. The van der Waals surface area contributed by atoms with Crippen LogP contribution in [0, 0.1) is 0 Å². The van der Waals surface area contributed by atoms with Crippen molar-refractivity contribution in [3.8, 4) is 5.75 Å². The van der Waals surface area contributed by atoms with Gasteiger partial charge in [0.25, 0.3) is 5.91 Å². The number of primary amides is 1. The normalized spacial score (nSPS) is 15.0. The predicted octanol–water partition coefficient (Wildman–Crippen LogP) is 2.66. The molecule has 1 aliphatic rings. The molecular formula is C18H13BrN2O4. The number of esters is 1. The van der Waals surface area contributed by atoms with Crippen LogP contribution in [0.2, 0.25) is 0 Å². The molecule has 1 heterocycles. The van der Waals surface area contributed by atoms with E-state index in [4.69, 9.17) is 15.2 Å². The quantitative estimate of drug-likeness (QED) is 0.616. The van der Waals surface area contributed by atoms with E-state index in [0.717, 1.165) is 10.0 Å². The van der Waals surface area contributed by atoms with Crippen molar-refractivity contribution in [2.75, 3.05) is 6.61 Å². The highest BCUT2D eigenvalue weighted by Crippen LogP contribution is 2.24. The molecule has 0 saturated heterocycles. The fraction of sp³-hybridized carbons (Fsp3) is 0.0556. The van der Waals surface area contributed by atoms with Gasteiger partial charge in [-0.05, 0) is 51.8 Å². The molecule has 0 unspecified atom stereocenters. The summed E-state index contributed by atoms with van der Waals surface area (Å²) in [5.74, 6) is -0.300. The van der Waals surface area contributed by atoms with Crippen LogP contribution in [0.3, 0.4) is 0 Å². The Morgan fingerprint density at radius 2 is 1.92 bits per heavy atom. The molecule has 1 amide bonds. The maximum atomic E-state index is 12.0. The van der Waals surface area contributed by atoms with Crippen LogP contribution in [0.25, 0.3) is 6.08 Å². The third-order valence-electron chi connectivity index (χ3n) is 3.29. The summed E-state index contributed by atoms with van der Waals surface area (Å²) in [7, 11) is 0. The lowest BCUT2D eigenvalue weighted by Crippen LogP contribution is -2.19. The minimum absolute atomic E-state index is 0.188. The molecule has 0 spiro atoms. The number of hydrogen-bond acceptors (Lipinski definition) is 5. The molecule has 0 saturated carbocycles. The number of halogens is 1. The number of carbonyl (C=O) groups is 2. The summed E-state index contributed by atoms with van der Waals surface area (Å²) in [5.41, 5.74) is 6.68. The lowest BCUT2D eigenvalue weighted by Gasteiger charge is -2.03. The Bertz CT molecular complexity index is 888. The van der Waals surface area contributed by atoms with Gasteiger partial charge in [-0.1, -0.05) is 24.3 Å². The molecule has 126 valence electrons. The van der Waals surface area contributed by atoms with E-state index in [2.05, 4.69) is 20.9 Å². The first kappa shape index (κ1) is 16.9. The van der Waals surface area contributed by atoms with Crippen LogP contribution in [0.5, 0.6) is 5.75 Å². The Labute approximate surface area is 152 Å². The lowest BCUT2D eigenvalue weighted by molar-refractivity contribution is -0.130. The minimum Gasteiger partial charge on any atom is -0.484 e. The fourth-order valence-corrected chi connectivity index (χ4v) is 2.59. The summed E-state index contributed by atoms with van der Waals surface area (Å²) < 4.78 is 11.2. The van der Waals surface area contributed by atoms with E-state index in [9.17, 15) is 9.59 Å². The Kier molecular flexibility index (Phi) is 4.95. The molecule has 1 aliphatic heterocycles. The number of rotatable bonds is 5. The predicted molar refractivity (Wildman–Crippen MR) is 95.9 cm³/mol. The zero-order chi connectivity index (χ0) is 17.8. The number of hydrogen-bond donors (Lipinski definition) is 1. The Hall–Kier alpha value is -2.93. The lowest BCUT2D eigenvalue weighted by atomic mass is 10.2. The average molecular weight is 401 g/mol. The van der Waals surface area contributed by atoms with E-state index in [-0.39, 0.29) is 18.2 Å². The largest absolute Gasteiger partial charge is 0.484 e. The van der Waals surface area contributed by atoms with E-state index in [1.165, 1.54) is 0 Å². The molecule has 0 aromatic heterocycles. The molecule has 0 aliphatic carbocycles. The van der Waals surface area contributed by atoms with Crippen molar-refractivity contribution in [2.24, 2.45) is 10.7 Å². The Morgan fingerprint density at radius 1 is 1.20 bits per heavy atom. The Balaban J connectivity index is 1.80. The summed E-state index contributed by atoms with van der Waals surface area (Å²) in [6.45, 7) is -0.188. The number of benzene rings is 2. The smallest absolute Gasteiger partial charge is 0.363 e. The summed E-state index contributed by atoms with van der Waals surface area (Å²) in [4.78, 5) is 27.0. The van der Waals surface area contributed by atoms with Crippen LogP contribution in [0.15, 0.2) is 63.7 Å². The number of aliphatic imine (C=N–C) groups is 1. The van der Waals surface area contributed by atoms with Crippen LogP contribution < -0.4 is 10.5 Å². The van der Waals surface area contributed by atoms with Crippen molar-refractivity contribution in [2.45, 2.75) is 0 Å². The number of carbonyl (C=O) groups excluding carboxylic acids is 2. The molecule has 0 radical (unpaired) electrons. The topological polar surface area (TPSA) is 91.0 Å². The molecule has 0 fully saturated rings. The zero-order valence-electron chi connectivity index (χ0n) is 12.9. The maximum Gasteiger partial charge on any atom is 0.363 e. The average Bonchev–Trinajstić information content (AvgIpc) is 2.95.